The first kappa shape index (κ1) is 11.4. The predicted molar refractivity (Wildman–Crippen MR) is 71.5 cm³/mol. The van der Waals surface area contributed by atoms with Crippen molar-refractivity contribution in [2.24, 2.45) is 0 Å². The van der Waals surface area contributed by atoms with Crippen LogP contribution in [0.2, 0.25) is 0 Å². The Balaban J connectivity index is 2.16. The molecule has 0 bridgehead atoms. The van der Waals surface area contributed by atoms with Gasteiger partial charge in [-0.2, -0.15) is 0 Å². The molecular formula is C14H16FN3. The van der Waals surface area contributed by atoms with Crippen LogP contribution in [0, 0.1) is 12.7 Å². The monoisotopic (exact) mass is 245 g/mol. The van der Waals surface area contributed by atoms with Gasteiger partial charge in [-0.05, 0) is 31.2 Å². The van der Waals surface area contributed by atoms with Gasteiger partial charge in [0.1, 0.15) is 5.82 Å². The van der Waals surface area contributed by atoms with E-state index in [1.54, 1.807) is 12.1 Å². The Morgan fingerprint density at radius 1 is 1.22 bits per heavy atom. The minimum absolute atomic E-state index is 0.204. The van der Waals surface area contributed by atoms with Gasteiger partial charge in [0, 0.05) is 42.9 Å². The van der Waals surface area contributed by atoms with Gasteiger partial charge >= 0.3 is 0 Å². The molecule has 0 radical (unpaired) electrons. The number of fused-ring (bicyclic) bond motifs is 1. The Hall–Kier alpha value is -1.68. The number of rotatable bonds is 1. The standard InChI is InChI=1S/C14H16FN3/c1-10-8-14(18-6-4-16-5-7-18)12-9-11(15)2-3-13(12)17-10/h2-3,8-9,16H,4-7H2,1H3. The highest BCUT2D eigenvalue weighted by Crippen LogP contribution is 2.27. The second kappa shape index (κ2) is 4.53. The number of nitrogens with zero attached hydrogens (tertiary/aromatic N) is 2. The van der Waals surface area contributed by atoms with E-state index in [1.807, 2.05) is 13.0 Å². The zero-order valence-corrected chi connectivity index (χ0v) is 10.4. The topological polar surface area (TPSA) is 28.2 Å². The molecule has 0 saturated carbocycles. The number of piperazine rings is 1. The fraction of sp³-hybridized carbons (Fsp3) is 0.357. The molecule has 94 valence electrons. The van der Waals surface area contributed by atoms with Crippen LogP contribution in [-0.4, -0.2) is 31.2 Å². The number of anilines is 1. The number of aromatic nitrogens is 1. The quantitative estimate of drug-likeness (QED) is 0.834. The zero-order valence-electron chi connectivity index (χ0n) is 10.4. The van der Waals surface area contributed by atoms with E-state index in [2.05, 4.69) is 15.2 Å². The third kappa shape index (κ3) is 2.04. The summed E-state index contributed by atoms with van der Waals surface area (Å²) in [7, 11) is 0. The van der Waals surface area contributed by atoms with Crippen molar-refractivity contribution in [3.05, 3.63) is 35.8 Å². The molecule has 0 amide bonds. The van der Waals surface area contributed by atoms with Gasteiger partial charge in [-0.25, -0.2) is 4.39 Å². The van der Waals surface area contributed by atoms with Crippen LogP contribution in [0.1, 0.15) is 5.69 Å². The first-order chi connectivity index (χ1) is 8.74. The average molecular weight is 245 g/mol. The molecule has 18 heavy (non-hydrogen) atoms. The molecule has 0 aliphatic carbocycles. The Labute approximate surface area is 106 Å². The third-order valence-corrected chi connectivity index (χ3v) is 3.33. The van der Waals surface area contributed by atoms with Crippen LogP contribution in [0.3, 0.4) is 0 Å². The van der Waals surface area contributed by atoms with Crippen molar-refractivity contribution in [2.75, 3.05) is 31.1 Å². The number of aryl methyl sites for hydroxylation is 1. The highest BCUT2D eigenvalue weighted by atomic mass is 19.1. The summed E-state index contributed by atoms with van der Waals surface area (Å²) in [5.74, 6) is -0.204. The van der Waals surface area contributed by atoms with E-state index >= 15 is 0 Å². The van der Waals surface area contributed by atoms with Crippen LogP contribution in [0.5, 0.6) is 0 Å². The lowest BCUT2D eigenvalue weighted by molar-refractivity contribution is 0.590. The van der Waals surface area contributed by atoms with Gasteiger partial charge in [-0.3, -0.25) is 4.98 Å². The number of pyridine rings is 1. The van der Waals surface area contributed by atoms with Crippen molar-refractivity contribution in [3.63, 3.8) is 0 Å². The zero-order chi connectivity index (χ0) is 12.5. The second-order valence-corrected chi connectivity index (χ2v) is 4.68. The molecule has 1 saturated heterocycles. The Morgan fingerprint density at radius 2 is 2.00 bits per heavy atom. The Morgan fingerprint density at radius 3 is 2.78 bits per heavy atom. The number of halogens is 1. The van der Waals surface area contributed by atoms with E-state index in [-0.39, 0.29) is 5.82 Å². The largest absolute Gasteiger partial charge is 0.368 e. The lowest BCUT2D eigenvalue weighted by atomic mass is 10.1. The maximum absolute atomic E-state index is 13.4. The van der Waals surface area contributed by atoms with Crippen LogP contribution >= 0.6 is 0 Å². The van der Waals surface area contributed by atoms with E-state index in [1.165, 1.54) is 6.07 Å². The molecular weight excluding hydrogens is 229 g/mol. The van der Waals surface area contributed by atoms with Crippen molar-refractivity contribution in [3.8, 4) is 0 Å². The SMILES string of the molecule is Cc1cc(N2CCNCC2)c2cc(F)ccc2n1. The van der Waals surface area contributed by atoms with Crippen LogP contribution < -0.4 is 10.2 Å². The van der Waals surface area contributed by atoms with Gasteiger partial charge in [-0.15, -0.1) is 0 Å². The lowest BCUT2D eigenvalue weighted by Gasteiger charge is -2.30. The van der Waals surface area contributed by atoms with Gasteiger partial charge in [0.25, 0.3) is 0 Å². The van der Waals surface area contributed by atoms with E-state index in [9.17, 15) is 4.39 Å². The maximum atomic E-state index is 13.4. The highest BCUT2D eigenvalue weighted by molar-refractivity contribution is 5.92. The molecule has 1 fully saturated rings. The fourth-order valence-corrected chi connectivity index (χ4v) is 2.48. The minimum atomic E-state index is -0.204. The summed E-state index contributed by atoms with van der Waals surface area (Å²) in [5.41, 5.74) is 2.94. The van der Waals surface area contributed by atoms with Crippen LogP contribution in [-0.2, 0) is 0 Å². The summed E-state index contributed by atoms with van der Waals surface area (Å²) < 4.78 is 13.4. The molecule has 1 aromatic heterocycles. The molecule has 2 aromatic rings. The van der Waals surface area contributed by atoms with E-state index in [4.69, 9.17) is 0 Å². The third-order valence-electron chi connectivity index (χ3n) is 3.33. The van der Waals surface area contributed by atoms with E-state index < -0.39 is 0 Å². The molecule has 1 aliphatic heterocycles. The number of benzene rings is 1. The number of hydrogen-bond donors (Lipinski definition) is 1. The second-order valence-electron chi connectivity index (χ2n) is 4.68. The number of nitrogens with one attached hydrogen (secondary N) is 1. The molecule has 1 aromatic carbocycles. The van der Waals surface area contributed by atoms with Crippen LogP contribution in [0.25, 0.3) is 10.9 Å². The summed E-state index contributed by atoms with van der Waals surface area (Å²) >= 11 is 0. The summed E-state index contributed by atoms with van der Waals surface area (Å²) in [6.07, 6.45) is 0. The average Bonchev–Trinajstić information content (AvgIpc) is 2.39. The molecule has 3 nitrogen and oxygen atoms in total. The molecule has 1 N–H and O–H groups in total. The van der Waals surface area contributed by atoms with Crippen molar-refractivity contribution < 1.29 is 4.39 Å². The molecule has 3 rings (SSSR count). The molecule has 0 atom stereocenters. The molecule has 2 heterocycles. The number of hydrogen-bond acceptors (Lipinski definition) is 3. The van der Waals surface area contributed by atoms with Gasteiger partial charge in [-0.1, -0.05) is 0 Å². The molecule has 4 heteroatoms. The first-order valence-electron chi connectivity index (χ1n) is 6.26. The van der Waals surface area contributed by atoms with Gasteiger partial charge in [0.15, 0.2) is 0 Å². The summed E-state index contributed by atoms with van der Waals surface area (Å²) in [4.78, 5) is 6.76. The van der Waals surface area contributed by atoms with Crippen LogP contribution in [0.15, 0.2) is 24.3 Å². The van der Waals surface area contributed by atoms with E-state index in [0.717, 1.165) is 48.5 Å². The molecule has 1 aliphatic rings. The van der Waals surface area contributed by atoms with E-state index in [0.29, 0.717) is 0 Å². The summed E-state index contributed by atoms with van der Waals surface area (Å²) in [6.45, 7) is 5.83. The Bertz CT molecular complexity index is 577. The van der Waals surface area contributed by atoms with Crippen molar-refractivity contribution in [1.29, 1.82) is 0 Å². The normalized spacial score (nSPS) is 16.2. The first-order valence-corrected chi connectivity index (χ1v) is 6.26. The maximum Gasteiger partial charge on any atom is 0.124 e. The van der Waals surface area contributed by atoms with Crippen molar-refractivity contribution in [2.45, 2.75) is 6.92 Å². The Kier molecular flexibility index (Phi) is 2.88. The molecule has 0 unspecified atom stereocenters. The van der Waals surface area contributed by atoms with Gasteiger partial charge in [0.2, 0.25) is 0 Å². The molecule has 0 spiro atoms. The highest BCUT2D eigenvalue weighted by Gasteiger charge is 2.14. The smallest absolute Gasteiger partial charge is 0.124 e. The lowest BCUT2D eigenvalue weighted by Crippen LogP contribution is -2.43. The minimum Gasteiger partial charge on any atom is -0.368 e. The van der Waals surface area contributed by atoms with Crippen molar-refractivity contribution in [1.82, 2.24) is 10.3 Å². The van der Waals surface area contributed by atoms with Gasteiger partial charge in [0.05, 0.1) is 5.52 Å². The predicted octanol–water partition coefficient (Wildman–Crippen LogP) is 2.09. The summed E-state index contributed by atoms with van der Waals surface area (Å²) in [6, 6.07) is 6.85. The summed E-state index contributed by atoms with van der Waals surface area (Å²) in [5, 5.41) is 4.23. The van der Waals surface area contributed by atoms with Crippen molar-refractivity contribution >= 4 is 16.6 Å². The van der Waals surface area contributed by atoms with Gasteiger partial charge < -0.3 is 10.2 Å². The fourth-order valence-electron chi connectivity index (χ4n) is 2.48. The van der Waals surface area contributed by atoms with Crippen LogP contribution in [0.4, 0.5) is 10.1 Å².